The Balaban J connectivity index is 1.83. The van der Waals surface area contributed by atoms with Gasteiger partial charge < -0.3 is 9.47 Å². The van der Waals surface area contributed by atoms with Crippen molar-refractivity contribution in [3.05, 3.63) is 89.7 Å². The van der Waals surface area contributed by atoms with Gasteiger partial charge in [-0.05, 0) is 76.3 Å². The summed E-state index contributed by atoms with van der Waals surface area (Å²) in [4.78, 5) is 11.1. The molecule has 0 aliphatic heterocycles. The highest BCUT2D eigenvalue weighted by Gasteiger charge is 2.34. The van der Waals surface area contributed by atoms with E-state index < -0.39 is 38.6 Å². The Morgan fingerprint density at radius 3 is 2.27 bits per heavy atom. The minimum Gasteiger partial charge on any atom is -0.469 e. The van der Waals surface area contributed by atoms with Gasteiger partial charge in [0.2, 0.25) is 9.84 Å². The summed E-state index contributed by atoms with van der Waals surface area (Å²) in [6.07, 6.45) is -5.09. The molecule has 0 amide bonds. The van der Waals surface area contributed by atoms with Gasteiger partial charge in [-0.3, -0.25) is 4.79 Å². The number of benzene rings is 4. The molecule has 0 spiro atoms. The number of esters is 1. The molecule has 0 aliphatic carbocycles. The third-order valence-electron chi connectivity index (χ3n) is 5.85. The highest BCUT2D eigenvalue weighted by atomic mass is 32.2. The average Bonchev–Trinajstić information content (AvgIpc) is 2.84. The highest BCUT2D eigenvalue weighted by Crippen LogP contribution is 2.37. The number of halogens is 4. The van der Waals surface area contributed by atoms with Crippen molar-refractivity contribution < 1.29 is 40.2 Å². The molecule has 10 heteroatoms. The van der Waals surface area contributed by atoms with Crippen LogP contribution in [0.4, 0.5) is 17.6 Å². The van der Waals surface area contributed by atoms with Crippen LogP contribution in [0.25, 0.3) is 21.9 Å². The number of para-hydroxylation sites is 1. The van der Waals surface area contributed by atoms with Crippen LogP contribution in [-0.2, 0) is 25.8 Å². The predicted molar refractivity (Wildman–Crippen MR) is 128 cm³/mol. The molecule has 192 valence electrons. The molecule has 0 saturated heterocycles. The van der Waals surface area contributed by atoms with Crippen molar-refractivity contribution >= 4 is 26.6 Å². The maximum absolute atomic E-state index is 14.1. The van der Waals surface area contributed by atoms with E-state index in [0.717, 1.165) is 12.1 Å². The van der Waals surface area contributed by atoms with Gasteiger partial charge in [0.25, 0.3) is 0 Å². The van der Waals surface area contributed by atoms with Gasteiger partial charge in [-0.25, -0.2) is 12.8 Å². The second kappa shape index (κ2) is 9.85. The van der Waals surface area contributed by atoms with E-state index in [4.69, 9.17) is 4.74 Å². The number of ether oxygens (including phenoxy) is 2. The molecule has 0 N–H and O–H groups in total. The van der Waals surface area contributed by atoms with E-state index in [9.17, 15) is 30.8 Å². The minimum atomic E-state index is -5.07. The Morgan fingerprint density at radius 1 is 0.946 bits per heavy atom. The lowest BCUT2D eigenvalue weighted by Crippen LogP contribution is -2.19. The molecule has 5 nitrogen and oxygen atoms in total. The summed E-state index contributed by atoms with van der Waals surface area (Å²) in [5, 5.41) is 1.21. The van der Waals surface area contributed by atoms with Crippen LogP contribution in [0.3, 0.4) is 0 Å². The van der Waals surface area contributed by atoms with Crippen LogP contribution < -0.4 is 4.74 Å². The van der Waals surface area contributed by atoms with Crippen molar-refractivity contribution in [3.8, 4) is 16.9 Å². The largest absolute Gasteiger partial charge is 0.573 e. The van der Waals surface area contributed by atoms with Gasteiger partial charge in [-0.2, -0.15) is 0 Å². The molecule has 4 aromatic rings. The zero-order valence-electron chi connectivity index (χ0n) is 19.6. The number of fused-ring (bicyclic) bond motifs is 1. The molecule has 0 bridgehead atoms. The highest BCUT2D eigenvalue weighted by molar-refractivity contribution is 7.91. The minimum absolute atomic E-state index is 0.0227. The molecule has 0 aliphatic rings. The van der Waals surface area contributed by atoms with Crippen LogP contribution in [0.2, 0.25) is 0 Å². The third-order valence-corrected chi connectivity index (χ3v) is 7.66. The van der Waals surface area contributed by atoms with Gasteiger partial charge >= 0.3 is 12.3 Å². The number of hydrogen-bond donors (Lipinski definition) is 0. The summed E-state index contributed by atoms with van der Waals surface area (Å²) < 4.78 is 87.6. The fourth-order valence-corrected chi connectivity index (χ4v) is 5.50. The van der Waals surface area contributed by atoms with Gasteiger partial charge in [-0.1, -0.05) is 36.4 Å². The number of rotatable bonds is 6. The predicted octanol–water partition coefficient (Wildman–Crippen LogP) is 6.40. The van der Waals surface area contributed by atoms with Crippen molar-refractivity contribution in [1.82, 2.24) is 0 Å². The number of hydrogen-bond acceptors (Lipinski definition) is 5. The first-order chi connectivity index (χ1) is 17.4. The lowest BCUT2D eigenvalue weighted by Gasteiger charge is -2.16. The first-order valence-corrected chi connectivity index (χ1v) is 12.4. The summed E-state index contributed by atoms with van der Waals surface area (Å²) in [5.74, 6) is -1.78. The summed E-state index contributed by atoms with van der Waals surface area (Å²) in [7, 11) is -3.10. The van der Waals surface area contributed by atoms with Crippen LogP contribution in [0, 0.1) is 12.7 Å². The Kier molecular flexibility index (Phi) is 6.96. The van der Waals surface area contributed by atoms with Crippen LogP contribution >= 0.6 is 0 Å². The normalized spacial score (nSPS) is 11.9. The molecule has 0 heterocycles. The van der Waals surface area contributed by atoms with E-state index in [0.29, 0.717) is 33.0 Å². The maximum atomic E-state index is 14.1. The van der Waals surface area contributed by atoms with Crippen molar-refractivity contribution in [2.45, 2.75) is 29.5 Å². The third kappa shape index (κ3) is 5.43. The van der Waals surface area contributed by atoms with Gasteiger partial charge in [-0.15, -0.1) is 13.2 Å². The van der Waals surface area contributed by atoms with Gasteiger partial charge in [0.1, 0.15) is 16.5 Å². The second-order valence-corrected chi connectivity index (χ2v) is 10.1. The SMILES string of the molecule is COC(=O)Cc1cc2ccc(F)cc2c(-c2ccc(S(=O)(=O)c3ccccc3OC(F)(F)F)cc2)c1C. The molecule has 0 saturated carbocycles. The maximum Gasteiger partial charge on any atom is 0.573 e. The van der Waals surface area contributed by atoms with Gasteiger partial charge in [0.05, 0.1) is 18.4 Å². The van der Waals surface area contributed by atoms with E-state index in [2.05, 4.69) is 4.74 Å². The molecule has 4 rings (SSSR count). The Bertz CT molecular complexity index is 1590. The summed E-state index contributed by atoms with van der Waals surface area (Å²) in [6, 6.07) is 15.9. The Morgan fingerprint density at radius 2 is 1.62 bits per heavy atom. The fraction of sp³-hybridized carbons (Fsp3) is 0.148. The Hall–Kier alpha value is -3.92. The van der Waals surface area contributed by atoms with Crippen molar-refractivity contribution in [2.24, 2.45) is 0 Å². The number of carbonyl (C=O) groups is 1. The molecule has 0 atom stereocenters. The molecule has 0 fully saturated rings. The summed E-state index contributed by atoms with van der Waals surface area (Å²) in [5.41, 5.74) is 2.43. The molecular formula is C27H20F4O5S. The van der Waals surface area contributed by atoms with Gasteiger partial charge in [0.15, 0.2) is 0 Å². The average molecular weight is 533 g/mol. The van der Waals surface area contributed by atoms with Crippen molar-refractivity contribution in [1.29, 1.82) is 0 Å². The standard InChI is InChI=1S/C27H20F4O5S/c1-16-19(14-25(32)35-2)13-18-7-10-20(28)15-22(18)26(16)17-8-11-21(12-9-17)37(33,34)24-6-4-3-5-23(24)36-27(29,30)31/h3-13,15H,14H2,1-2H3. The second-order valence-electron chi connectivity index (χ2n) is 8.18. The Labute approximate surface area is 210 Å². The zero-order chi connectivity index (χ0) is 27.0. The molecule has 37 heavy (non-hydrogen) atoms. The van der Waals surface area contributed by atoms with Crippen LogP contribution in [0.5, 0.6) is 5.75 Å². The smallest absolute Gasteiger partial charge is 0.469 e. The summed E-state index contributed by atoms with van der Waals surface area (Å²) in [6.45, 7) is 1.76. The van der Waals surface area contributed by atoms with Crippen LogP contribution in [0.15, 0.2) is 82.6 Å². The van der Waals surface area contributed by atoms with E-state index in [1.165, 1.54) is 55.6 Å². The fourth-order valence-electron chi connectivity index (χ4n) is 4.12. The number of methoxy groups -OCH3 is 1. The van der Waals surface area contributed by atoms with E-state index in [1.54, 1.807) is 19.1 Å². The lowest BCUT2D eigenvalue weighted by molar-refractivity contribution is -0.275. The van der Waals surface area contributed by atoms with E-state index in [-0.39, 0.29) is 11.3 Å². The molecule has 0 aromatic heterocycles. The van der Waals surface area contributed by atoms with Gasteiger partial charge in [0, 0.05) is 0 Å². The number of carbonyl (C=O) groups excluding carboxylic acids is 1. The number of alkyl halides is 3. The monoisotopic (exact) mass is 532 g/mol. The molecule has 0 radical (unpaired) electrons. The van der Waals surface area contributed by atoms with Crippen molar-refractivity contribution in [2.75, 3.05) is 7.11 Å². The quantitative estimate of drug-likeness (QED) is 0.212. The first kappa shape index (κ1) is 26.2. The zero-order valence-corrected chi connectivity index (χ0v) is 20.4. The molecule has 4 aromatic carbocycles. The van der Waals surface area contributed by atoms with Crippen LogP contribution in [-0.4, -0.2) is 27.9 Å². The van der Waals surface area contributed by atoms with E-state index >= 15 is 0 Å². The topological polar surface area (TPSA) is 69.7 Å². The summed E-state index contributed by atoms with van der Waals surface area (Å²) >= 11 is 0. The first-order valence-electron chi connectivity index (χ1n) is 10.9. The van der Waals surface area contributed by atoms with Crippen LogP contribution in [0.1, 0.15) is 11.1 Å². The van der Waals surface area contributed by atoms with Crippen molar-refractivity contribution in [3.63, 3.8) is 0 Å². The molecular weight excluding hydrogens is 512 g/mol. The number of sulfone groups is 1. The van der Waals surface area contributed by atoms with E-state index in [1.807, 2.05) is 0 Å². The lowest BCUT2D eigenvalue weighted by atomic mass is 9.89. The molecule has 0 unspecified atom stereocenters.